The van der Waals surface area contributed by atoms with Crippen molar-refractivity contribution in [2.75, 3.05) is 10.2 Å². The van der Waals surface area contributed by atoms with E-state index in [1.54, 1.807) is 0 Å². The van der Waals surface area contributed by atoms with Gasteiger partial charge in [-0.3, -0.25) is 0 Å². The number of anilines is 2. The van der Waals surface area contributed by atoms with E-state index in [9.17, 15) is 26.3 Å². The van der Waals surface area contributed by atoms with Crippen molar-refractivity contribution in [3.05, 3.63) is 57.8 Å². The number of aromatic nitrogens is 5. The summed E-state index contributed by atoms with van der Waals surface area (Å²) in [6.45, 7) is 5.85. The minimum atomic E-state index is -4.95. The molecule has 2 fully saturated rings. The number of hydrogen-bond acceptors (Lipinski definition) is 6. The lowest BCUT2D eigenvalue weighted by Crippen LogP contribution is -2.29. The monoisotopic (exact) mass is 581 g/mol. The van der Waals surface area contributed by atoms with Crippen LogP contribution in [0, 0.1) is 18.8 Å². The lowest BCUT2D eigenvalue weighted by Gasteiger charge is -2.26. The normalized spacial score (nSPS) is 16.1. The maximum atomic E-state index is 13.6. The second kappa shape index (κ2) is 10.8. The van der Waals surface area contributed by atoms with Gasteiger partial charge in [-0.15, -0.1) is 5.10 Å². The predicted molar refractivity (Wildman–Crippen MR) is 141 cm³/mol. The molecule has 5 rings (SSSR count). The van der Waals surface area contributed by atoms with E-state index in [-0.39, 0.29) is 42.6 Å². The molecule has 0 unspecified atom stereocenters. The van der Waals surface area contributed by atoms with Crippen LogP contribution in [0.5, 0.6) is 0 Å². The molecule has 1 N–H and O–H groups in total. The Labute approximate surface area is 234 Å². The second-order valence-corrected chi connectivity index (χ2v) is 11.5. The Kier molecular flexibility index (Phi) is 7.66. The molecule has 2 aromatic heterocycles. The van der Waals surface area contributed by atoms with E-state index in [1.165, 1.54) is 16.7 Å². The highest BCUT2D eigenvalue weighted by Gasteiger charge is 2.42. The summed E-state index contributed by atoms with van der Waals surface area (Å²) in [5.74, 6) is 2.07. The van der Waals surface area contributed by atoms with Crippen molar-refractivity contribution in [2.45, 2.75) is 83.9 Å². The van der Waals surface area contributed by atoms with Crippen LogP contribution in [0.2, 0.25) is 0 Å². The van der Waals surface area contributed by atoms with Crippen LogP contribution >= 0.6 is 0 Å². The first kappa shape index (κ1) is 29.1. The summed E-state index contributed by atoms with van der Waals surface area (Å²) < 4.78 is 81.4. The highest BCUT2D eigenvalue weighted by Crippen LogP contribution is 2.46. The lowest BCUT2D eigenvalue weighted by molar-refractivity contribution is -0.143. The number of benzene rings is 1. The van der Waals surface area contributed by atoms with E-state index >= 15 is 0 Å². The first-order chi connectivity index (χ1) is 19.2. The second-order valence-electron chi connectivity index (χ2n) is 11.5. The fourth-order valence-electron chi connectivity index (χ4n) is 5.34. The first-order valence-corrected chi connectivity index (χ1v) is 13.7. The maximum absolute atomic E-state index is 13.6. The summed E-state index contributed by atoms with van der Waals surface area (Å²) >= 11 is 0. The Hall–Kier alpha value is -3.38. The molecule has 13 heteroatoms. The van der Waals surface area contributed by atoms with Gasteiger partial charge in [0.15, 0.2) is 0 Å². The van der Waals surface area contributed by atoms with Gasteiger partial charge in [-0.25, -0.2) is 4.98 Å². The molecular formula is C28H33F6N7. The molecular weight excluding hydrogens is 548 g/mol. The lowest BCUT2D eigenvalue weighted by atomic mass is 10.0. The predicted octanol–water partition coefficient (Wildman–Crippen LogP) is 6.88. The number of halogens is 6. The molecule has 2 heterocycles. The van der Waals surface area contributed by atoms with Crippen LogP contribution in [0.3, 0.4) is 0 Å². The molecule has 7 nitrogen and oxygen atoms in total. The Bertz CT molecular complexity index is 1350. The Balaban J connectivity index is 1.54. The van der Waals surface area contributed by atoms with Gasteiger partial charge < -0.3 is 10.2 Å². The number of rotatable bonds is 10. The van der Waals surface area contributed by atoms with Gasteiger partial charge in [0.05, 0.1) is 18.2 Å². The van der Waals surface area contributed by atoms with Gasteiger partial charge in [0.25, 0.3) is 5.95 Å². The largest absolute Gasteiger partial charge is 0.416 e. The molecule has 222 valence electrons. The Morgan fingerprint density at radius 2 is 1.51 bits per heavy atom. The van der Waals surface area contributed by atoms with Crippen molar-refractivity contribution in [3.63, 3.8) is 0 Å². The molecule has 3 aromatic rings. The molecule has 0 amide bonds. The zero-order valence-electron chi connectivity index (χ0n) is 23.3. The topological polar surface area (TPSA) is 71.8 Å². The quantitative estimate of drug-likeness (QED) is 0.263. The molecule has 0 saturated heterocycles. The van der Waals surface area contributed by atoms with E-state index < -0.39 is 23.5 Å². The smallest absolute Gasteiger partial charge is 0.366 e. The molecule has 0 spiro atoms. The molecule has 0 atom stereocenters. The van der Waals surface area contributed by atoms with E-state index in [0.29, 0.717) is 17.7 Å². The number of alkyl halides is 6. The van der Waals surface area contributed by atoms with Gasteiger partial charge in [0.1, 0.15) is 5.82 Å². The van der Waals surface area contributed by atoms with Gasteiger partial charge >= 0.3 is 12.4 Å². The highest BCUT2D eigenvalue weighted by atomic mass is 19.4. The van der Waals surface area contributed by atoms with Gasteiger partial charge in [0.2, 0.25) is 0 Å². The van der Waals surface area contributed by atoms with Crippen LogP contribution in [-0.4, -0.2) is 31.2 Å². The van der Waals surface area contributed by atoms with Crippen molar-refractivity contribution >= 4 is 11.8 Å². The van der Waals surface area contributed by atoms with Gasteiger partial charge in [-0.1, -0.05) is 18.9 Å². The number of nitrogens with zero attached hydrogens (tertiary/aromatic N) is 6. The van der Waals surface area contributed by atoms with E-state index in [0.717, 1.165) is 54.6 Å². The van der Waals surface area contributed by atoms with Crippen molar-refractivity contribution < 1.29 is 26.3 Å². The zero-order chi connectivity index (χ0) is 29.7. The number of hydrogen-bond donors (Lipinski definition) is 1. The molecule has 1 aromatic carbocycles. The van der Waals surface area contributed by atoms with Crippen molar-refractivity contribution in [1.29, 1.82) is 0 Å². The van der Waals surface area contributed by atoms with E-state index in [2.05, 4.69) is 34.6 Å². The molecule has 2 aliphatic carbocycles. The summed E-state index contributed by atoms with van der Waals surface area (Å²) in [5, 5.41) is 15.8. The summed E-state index contributed by atoms with van der Waals surface area (Å²) in [5.41, 5.74) is -0.279. The van der Waals surface area contributed by atoms with Crippen LogP contribution < -0.4 is 10.2 Å². The van der Waals surface area contributed by atoms with Crippen LogP contribution in [0.4, 0.5) is 38.1 Å². The summed E-state index contributed by atoms with van der Waals surface area (Å²) in [6.07, 6.45) is -5.29. The van der Waals surface area contributed by atoms with Gasteiger partial charge in [-0.2, -0.15) is 31.1 Å². The first-order valence-electron chi connectivity index (χ1n) is 13.7. The maximum Gasteiger partial charge on any atom is 0.416 e. The van der Waals surface area contributed by atoms with Gasteiger partial charge in [0, 0.05) is 30.4 Å². The molecule has 0 aliphatic heterocycles. The zero-order valence-corrected chi connectivity index (χ0v) is 23.3. The Morgan fingerprint density at radius 1 is 0.927 bits per heavy atom. The average Bonchev–Trinajstić information content (AvgIpc) is 3.80. The molecule has 41 heavy (non-hydrogen) atoms. The standard InChI is InChI=1S/C28H33F6N7/c1-15(2)23-16(3)9-20(25(35-23)36-24(18-5-6-18)19-7-8-19)14-41(26-37-39-40(4)38-26)13-17-10-21(27(29,30)31)12-22(11-17)28(32,33)34/h9-12,15,18-19,24H,5-8,13-14H2,1-4H3,(H,35,36). The van der Waals surface area contributed by atoms with Gasteiger partial charge in [-0.05, 0) is 91.0 Å². The fraction of sp³-hybridized carbons (Fsp3) is 0.571. The third-order valence-corrected chi connectivity index (χ3v) is 7.60. The molecule has 0 radical (unpaired) electrons. The molecule has 2 aliphatic rings. The van der Waals surface area contributed by atoms with Crippen molar-refractivity contribution in [2.24, 2.45) is 18.9 Å². The summed E-state index contributed by atoms with van der Waals surface area (Å²) in [6, 6.07) is 3.87. The minimum Gasteiger partial charge on any atom is -0.366 e. The van der Waals surface area contributed by atoms with Crippen LogP contribution in [-0.2, 0) is 32.5 Å². The highest BCUT2D eigenvalue weighted by molar-refractivity contribution is 5.51. The minimum absolute atomic E-state index is 0.0796. The SMILES string of the molecule is Cc1cc(CN(Cc2cc(C(F)(F)F)cc(C(F)(F)F)c2)c2nnn(C)n2)c(NC(C2CC2)C2CC2)nc1C(C)C. The molecule has 0 bridgehead atoms. The average molecular weight is 582 g/mol. The van der Waals surface area contributed by atoms with E-state index in [1.807, 2.05) is 13.0 Å². The fourth-order valence-corrected chi connectivity index (χ4v) is 5.34. The van der Waals surface area contributed by atoms with Crippen LogP contribution in [0.15, 0.2) is 24.3 Å². The Morgan fingerprint density at radius 3 is 1.98 bits per heavy atom. The van der Waals surface area contributed by atoms with Crippen LogP contribution in [0.1, 0.15) is 79.0 Å². The van der Waals surface area contributed by atoms with Crippen LogP contribution in [0.25, 0.3) is 0 Å². The van der Waals surface area contributed by atoms with Crippen molar-refractivity contribution in [3.8, 4) is 0 Å². The summed E-state index contributed by atoms with van der Waals surface area (Å²) in [4.78, 5) is 7.71. The summed E-state index contributed by atoms with van der Waals surface area (Å²) in [7, 11) is 1.53. The number of tetrazole rings is 1. The number of nitrogens with one attached hydrogen (secondary N) is 1. The number of pyridine rings is 1. The third kappa shape index (κ3) is 6.92. The van der Waals surface area contributed by atoms with Crippen molar-refractivity contribution in [1.82, 2.24) is 25.2 Å². The molecule has 2 saturated carbocycles. The van der Waals surface area contributed by atoms with E-state index in [4.69, 9.17) is 4.98 Å². The third-order valence-electron chi connectivity index (χ3n) is 7.60. The number of aryl methyl sites for hydroxylation is 2.